The Kier molecular flexibility index (Phi) is 6.84. The summed E-state index contributed by atoms with van der Waals surface area (Å²) in [6, 6.07) is 0. The number of nitrogens with one attached hydrogen (secondary N) is 1. The summed E-state index contributed by atoms with van der Waals surface area (Å²) >= 11 is -1.35. The van der Waals surface area contributed by atoms with Crippen LogP contribution < -0.4 is 5.32 Å². The molecular formula is C3H8Cl3NSSn. The van der Waals surface area contributed by atoms with Crippen molar-refractivity contribution in [1.29, 1.82) is 0 Å². The average Bonchev–Trinajstić information content (AvgIpc) is 1.63. The number of hydrogen-bond acceptors (Lipinski definition) is 2. The van der Waals surface area contributed by atoms with Crippen LogP contribution in [0.15, 0.2) is 0 Å². The van der Waals surface area contributed by atoms with E-state index in [1.165, 1.54) is 0 Å². The Bertz CT molecular complexity index is 75.9. The van der Waals surface area contributed by atoms with Crippen molar-refractivity contribution in [1.82, 2.24) is 5.32 Å². The summed E-state index contributed by atoms with van der Waals surface area (Å²) in [5.41, 5.74) is 0. The first-order chi connectivity index (χ1) is 4.06. The zero-order valence-corrected chi connectivity index (χ0v) is 10.9. The Morgan fingerprint density at radius 1 is 1.44 bits per heavy atom. The molecule has 0 bridgehead atoms. The molecule has 9 heavy (non-hydrogen) atoms. The normalized spacial score (nSPS) is 12.0. The molecular weight excluding hydrogens is 307 g/mol. The molecule has 0 fully saturated rings. The molecule has 1 nitrogen and oxygen atoms in total. The Balaban J connectivity index is 3.07. The molecule has 0 aliphatic rings. The molecule has 0 unspecified atom stereocenters. The fourth-order valence-electron chi connectivity index (χ4n) is 0.269. The SMILES string of the molecule is CNCS[CH2][Sn]([Cl])([Cl])[Cl]. The summed E-state index contributed by atoms with van der Waals surface area (Å²) in [4.78, 5) is 0. The van der Waals surface area contributed by atoms with Gasteiger partial charge in [0, 0.05) is 0 Å². The number of halogens is 3. The third kappa shape index (κ3) is 9.98. The van der Waals surface area contributed by atoms with Crippen molar-refractivity contribution in [3.8, 4) is 0 Å². The predicted octanol–water partition coefficient (Wildman–Crippen LogP) is 2.09. The molecule has 0 aromatic rings. The van der Waals surface area contributed by atoms with Crippen molar-refractivity contribution in [2.45, 2.75) is 0 Å². The van der Waals surface area contributed by atoms with Gasteiger partial charge < -0.3 is 0 Å². The molecule has 0 aromatic carbocycles. The van der Waals surface area contributed by atoms with Crippen LogP contribution in [-0.2, 0) is 0 Å². The van der Waals surface area contributed by atoms with Gasteiger partial charge in [0.1, 0.15) is 0 Å². The predicted molar refractivity (Wildman–Crippen MR) is 49.7 cm³/mol. The van der Waals surface area contributed by atoms with E-state index in [0.29, 0.717) is 0 Å². The van der Waals surface area contributed by atoms with Crippen molar-refractivity contribution in [3.05, 3.63) is 0 Å². The van der Waals surface area contributed by atoms with Crippen molar-refractivity contribution in [3.63, 3.8) is 0 Å². The molecule has 0 saturated heterocycles. The first kappa shape index (κ1) is 11.0. The molecule has 56 valence electrons. The van der Waals surface area contributed by atoms with E-state index in [0.717, 1.165) is 9.65 Å². The van der Waals surface area contributed by atoms with Gasteiger partial charge in [-0.15, -0.1) is 0 Å². The molecule has 0 amide bonds. The van der Waals surface area contributed by atoms with Crippen LogP contribution in [0.1, 0.15) is 0 Å². The van der Waals surface area contributed by atoms with Crippen LogP contribution in [0.2, 0.25) is 0 Å². The Morgan fingerprint density at radius 3 is 2.33 bits per heavy atom. The van der Waals surface area contributed by atoms with Gasteiger partial charge in [-0.3, -0.25) is 0 Å². The average molecular weight is 315 g/mol. The maximum atomic E-state index is 5.66. The van der Waals surface area contributed by atoms with Gasteiger partial charge in [-0.1, -0.05) is 0 Å². The van der Waals surface area contributed by atoms with Gasteiger partial charge in [0.05, 0.1) is 0 Å². The standard InChI is InChI=1S/C3H8NS.3ClH.Sn/c1-4-3-5-2;;;;/h4H,2-3H2,1H3;3*1H;/q;;;;+3/p-3. The Labute approximate surface area is 74.8 Å². The summed E-state index contributed by atoms with van der Waals surface area (Å²) in [5.74, 6) is 0.866. The molecule has 0 heterocycles. The maximum absolute atomic E-state index is 5.66. The summed E-state index contributed by atoms with van der Waals surface area (Å²) in [6.45, 7) is 0. The zero-order valence-electron chi connectivity index (χ0n) is 4.96. The van der Waals surface area contributed by atoms with Gasteiger partial charge in [0.2, 0.25) is 0 Å². The van der Waals surface area contributed by atoms with Crippen molar-refractivity contribution >= 4 is 53.5 Å². The molecule has 6 heteroatoms. The molecule has 0 aromatic heterocycles. The van der Waals surface area contributed by atoms with E-state index < -0.39 is 15.0 Å². The van der Waals surface area contributed by atoms with Crippen LogP contribution in [0.3, 0.4) is 0 Å². The monoisotopic (exact) mass is 315 g/mol. The first-order valence-electron chi connectivity index (χ1n) is 2.35. The number of hydrogen-bond donors (Lipinski definition) is 1. The number of thioether (sulfide) groups is 1. The van der Waals surface area contributed by atoms with Gasteiger partial charge in [-0.2, -0.15) is 0 Å². The molecule has 0 rings (SSSR count). The third-order valence-corrected chi connectivity index (χ3v) is 12.7. The topological polar surface area (TPSA) is 12.0 Å². The van der Waals surface area contributed by atoms with E-state index in [-0.39, 0.29) is 0 Å². The van der Waals surface area contributed by atoms with Crippen LogP contribution in [0.25, 0.3) is 0 Å². The molecule has 1 N–H and O–H groups in total. The van der Waals surface area contributed by atoms with Gasteiger partial charge in [-0.25, -0.2) is 0 Å². The minimum atomic E-state index is -2.99. The second-order valence-electron chi connectivity index (χ2n) is 1.46. The fourth-order valence-corrected chi connectivity index (χ4v) is 8.32. The van der Waals surface area contributed by atoms with Gasteiger partial charge in [-0.05, 0) is 0 Å². The van der Waals surface area contributed by atoms with Gasteiger partial charge >= 0.3 is 75.5 Å². The second kappa shape index (κ2) is 5.61. The van der Waals surface area contributed by atoms with Crippen molar-refractivity contribution in [2.24, 2.45) is 0 Å². The zero-order chi connectivity index (χ0) is 7.33. The van der Waals surface area contributed by atoms with E-state index in [1.54, 1.807) is 11.8 Å². The summed E-state index contributed by atoms with van der Waals surface area (Å²) < 4.78 is 0.736. The fraction of sp³-hybridized carbons (Fsp3) is 1.00. The molecule has 0 aliphatic heterocycles. The van der Waals surface area contributed by atoms with Crippen LogP contribution in [0.5, 0.6) is 0 Å². The van der Waals surface area contributed by atoms with Gasteiger partial charge in [0.15, 0.2) is 0 Å². The van der Waals surface area contributed by atoms with Crippen LogP contribution >= 0.6 is 38.5 Å². The van der Waals surface area contributed by atoms with E-state index >= 15 is 0 Å². The van der Waals surface area contributed by atoms with E-state index in [2.05, 4.69) is 5.32 Å². The molecule has 0 radical (unpaired) electrons. The van der Waals surface area contributed by atoms with E-state index in [1.807, 2.05) is 7.05 Å². The molecule has 0 atom stereocenters. The first-order valence-corrected chi connectivity index (χ1v) is 16.4. The minimum absolute atomic E-state index is 0.736. The Morgan fingerprint density at radius 2 is 2.00 bits per heavy atom. The molecule has 0 saturated carbocycles. The Hall–Kier alpha value is 1.98. The quantitative estimate of drug-likeness (QED) is 0.484. The van der Waals surface area contributed by atoms with Crippen LogP contribution in [0, 0.1) is 0 Å². The van der Waals surface area contributed by atoms with E-state index in [9.17, 15) is 0 Å². The second-order valence-corrected chi connectivity index (χ2v) is 25.3. The van der Waals surface area contributed by atoms with Gasteiger partial charge in [0.25, 0.3) is 0 Å². The summed E-state index contributed by atoms with van der Waals surface area (Å²) in [6.07, 6.45) is 0. The van der Waals surface area contributed by atoms with Crippen molar-refractivity contribution < 1.29 is 0 Å². The van der Waals surface area contributed by atoms with Crippen LogP contribution in [0.4, 0.5) is 0 Å². The molecule has 0 aliphatic carbocycles. The van der Waals surface area contributed by atoms with Crippen molar-refractivity contribution in [2.75, 3.05) is 16.7 Å². The third-order valence-electron chi connectivity index (χ3n) is 0.512. The van der Waals surface area contributed by atoms with Crippen LogP contribution in [-0.4, -0.2) is 31.7 Å². The summed E-state index contributed by atoms with van der Waals surface area (Å²) in [5, 5.41) is 2.96. The van der Waals surface area contributed by atoms with E-state index in [4.69, 9.17) is 26.8 Å². The number of rotatable bonds is 4. The molecule has 0 spiro atoms. The summed E-state index contributed by atoms with van der Waals surface area (Å²) in [7, 11) is 18.9.